The second-order valence-corrected chi connectivity index (χ2v) is 6.53. The van der Waals surface area contributed by atoms with Crippen molar-refractivity contribution in [3.8, 4) is 5.75 Å². The maximum Gasteiger partial charge on any atom is 0.185 e. The summed E-state index contributed by atoms with van der Waals surface area (Å²) in [6.07, 6.45) is 3.59. The van der Waals surface area contributed by atoms with Crippen molar-refractivity contribution >= 4 is 29.5 Å². The summed E-state index contributed by atoms with van der Waals surface area (Å²) >= 11 is 0. The van der Waals surface area contributed by atoms with Crippen molar-refractivity contribution in [3.63, 3.8) is 0 Å². The van der Waals surface area contributed by atoms with Crippen molar-refractivity contribution in [2.75, 3.05) is 5.01 Å². The van der Waals surface area contributed by atoms with Gasteiger partial charge in [0.1, 0.15) is 5.75 Å². The van der Waals surface area contributed by atoms with Gasteiger partial charge >= 0.3 is 0 Å². The molecular weight excluding hydrogens is 360 g/mol. The molecule has 0 atom stereocenters. The topological polar surface area (TPSA) is 60.5 Å². The van der Waals surface area contributed by atoms with Crippen LogP contribution in [-0.4, -0.2) is 22.9 Å². The molecule has 0 spiro atoms. The van der Waals surface area contributed by atoms with Crippen LogP contribution in [0.3, 0.4) is 0 Å². The zero-order valence-electron chi connectivity index (χ0n) is 16.0. The Balaban J connectivity index is 1.75. The first-order chi connectivity index (χ1) is 14.2. The lowest BCUT2D eigenvalue weighted by Gasteiger charge is -2.14. The molecule has 0 aromatic heterocycles. The quantitative estimate of drug-likeness (QED) is 0.505. The van der Waals surface area contributed by atoms with Crippen molar-refractivity contribution in [2.24, 2.45) is 15.3 Å². The Hall–Kier alpha value is -3.99. The average Bonchev–Trinajstić information content (AvgIpc) is 3.06. The fourth-order valence-electron chi connectivity index (χ4n) is 3.00. The highest BCUT2D eigenvalue weighted by Gasteiger charge is 2.27. The van der Waals surface area contributed by atoms with Crippen LogP contribution in [-0.2, 0) is 0 Å². The molecule has 1 N–H and O–H groups in total. The normalized spacial score (nSPS) is 16.7. The molecule has 0 saturated carbocycles. The second kappa shape index (κ2) is 8.35. The summed E-state index contributed by atoms with van der Waals surface area (Å²) in [6, 6.07) is 26.9. The Morgan fingerprint density at radius 1 is 0.862 bits per heavy atom. The van der Waals surface area contributed by atoms with Crippen molar-refractivity contribution in [1.29, 1.82) is 0 Å². The van der Waals surface area contributed by atoms with Crippen LogP contribution < -0.4 is 5.01 Å². The number of aromatic hydroxyl groups is 1. The van der Waals surface area contributed by atoms with E-state index in [4.69, 9.17) is 0 Å². The SMILES string of the molecule is CC1=NN(c2ccccc2)C(=NN=Cc2ccccc2O)C1=Cc1ccccc1. The molecule has 0 fully saturated rings. The number of hydrogen-bond donors (Lipinski definition) is 1. The van der Waals surface area contributed by atoms with Gasteiger partial charge in [-0.2, -0.15) is 10.2 Å². The maximum absolute atomic E-state index is 9.94. The minimum Gasteiger partial charge on any atom is -0.507 e. The van der Waals surface area contributed by atoms with Crippen molar-refractivity contribution in [3.05, 3.63) is 102 Å². The molecule has 3 aromatic carbocycles. The first-order valence-corrected chi connectivity index (χ1v) is 9.29. The van der Waals surface area contributed by atoms with E-state index in [0.717, 1.165) is 22.5 Å². The Bertz CT molecular complexity index is 1120. The summed E-state index contributed by atoms with van der Waals surface area (Å²) in [5, 5.41) is 25.1. The lowest BCUT2D eigenvalue weighted by atomic mass is 10.1. The molecule has 0 amide bonds. The summed E-state index contributed by atoms with van der Waals surface area (Å²) in [5.41, 5.74) is 4.32. The number of benzene rings is 3. The van der Waals surface area contributed by atoms with Gasteiger partial charge in [-0.25, -0.2) is 5.01 Å². The molecule has 0 radical (unpaired) electrons. The average molecular weight is 380 g/mol. The van der Waals surface area contributed by atoms with Gasteiger partial charge in [-0.3, -0.25) is 0 Å². The van der Waals surface area contributed by atoms with E-state index in [0.29, 0.717) is 11.4 Å². The smallest absolute Gasteiger partial charge is 0.185 e. The third kappa shape index (κ3) is 4.14. The summed E-state index contributed by atoms with van der Waals surface area (Å²) in [6.45, 7) is 1.96. The Labute approximate surface area is 169 Å². The monoisotopic (exact) mass is 380 g/mol. The number of anilines is 1. The Kier molecular flexibility index (Phi) is 5.29. The molecule has 1 aliphatic rings. The molecule has 1 heterocycles. The number of amidine groups is 1. The summed E-state index contributed by atoms with van der Waals surface area (Å²) in [7, 11) is 0. The fourth-order valence-corrected chi connectivity index (χ4v) is 3.00. The minimum atomic E-state index is 0.162. The minimum absolute atomic E-state index is 0.162. The predicted molar refractivity (Wildman–Crippen MR) is 120 cm³/mol. The number of hydrogen-bond acceptors (Lipinski definition) is 4. The number of phenols is 1. The van der Waals surface area contributed by atoms with Crippen LogP contribution in [0.2, 0.25) is 0 Å². The predicted octanol–water partition coefficient (Wildman–Crippen LogP) is 5.10. The molecule has 5 nitrogen and oxygen atoms in total. The molecule has 0 bridgehead atoms. The third-order valence-electron chi connectivity index (χ3n) is 4.48. The largest absolute Gasteiger partial charge is 0.507 e. The van der Waals surface area contributed by atoms with E-state index in [-0.39, 0.29) is 5.75 Å². The van der Waals surface area contributed by atoms with Gasteiger partial charge < -0.3 is 5.11 Å². The van der Waals surface area contributed by atoms with Crippen LogP contribution >= 0.6 is 0 Å². The first kappa shape index (κ1) is 18.4. The lowest BCUT2D eigenvalue weighted by molar-refractivity contribution is 0.474. The highest BCUT2D eigenvalue weighted by atomic mass is 16.3. The zero-order valence-corrected chi connectivity index (χ0v) is 16.0. The van der Waals surface area contributed by atoms with E-state index < -0.39 is 0 Å². The number of hydrazone groups is 1. The molecule has 29 heavy (non-hydrogen) atoms. The third-order valence-corrected chi connectivity index (χ3v) is 4.48. The number of phenolic OH excluding ortho intramolecular Hbond substituents is 1. The van der Waals surface area contributed by atoms with Crippen molar-refractivity contribution in [2.45, 2.75) is 6.92 Å². The Morgan fingerprint density at radius 3 is 2.24 bits per heavy atom. The zero-order chi connectivity index (χ0) is 20.1. The molecule has 4 rings (SSSR count). The van der Waals surface area contributed by atoms with E-state index >= 15 is 0 Å². The summed E-state index contributed by atoms with van der Waals surface area (Å²) < 4.78 is 0. The van der Waals surface area contributed by atoms with Crippen LogP contribution in [0.5, 0.6) is 5.75 Å². The van der Waals surface area contributed by atoms with Gasteiger partial charge in [0.25, 0.3) is 0 Å². The standard InChI is InChI=1S/C24H20N4O/c1-18-22(16-19-10-4-2-5-11-19)24(28(27-18)21-13-6-3-7-14-21)26-25-17-20-12-8-9-15-23(20)29/h2-17,29H,1H3. The molecule has 3 aromatic rings. The molecular formula is C24H20N4O. The van der Waals surface area contributed by atoms with Crippen molar-refractivity contribution in [1.82, 2.24) is 0 Å². The number of nitrogens with zero attached hydrogens (tertiary/aromatic N) is 4. The maximum atomic E-state index is 9.94. The second-order valence-electron chi connectivity index (χ2n) is 6.53. The molecule has 0 aliphatic carbocycles. The lowest BCUT2D eigenvalue weighted by Crippen LogP contribution is -2.21. The first-order valence-electron chi connectivity index (χ1n) is 9.29. The van der Waals surface area contributed by atoms with Crippen LogP contribution in [0.25, 0.3) is 6.08 Å². The van der Waals surface area contributed by atoms with Gasteiger partial charge in [0.05, 0.1) is 17.6 Å². The summed E-state index contributed by atoms with van der Waals surface area (Å²) in [5.74, 6) is 0.791. The Morgan fingerprint density at radius 2 is 1.52 bits per heavy atom. The highest BCUT2D eigenvalue weighted by Crippen LogP contribution is 2.26. The fraction of sp³-hybridized carbons (Fsp3) is 0.0417. The van der Waals surface area contributed by atoms with Gasteiger partial charge in [-0.15, -0.1) is 5.10 Å². The summed E-state index contributed by atoms with van der Waals surface area (Å²) in [4.78, 5) is 0. The highest BCUT2D eigenvalue weighted by molar-refractivity contribution is 6.34. The molecule has 0 saturated heterocycles. The van der Waals surface area contributed by atoms with Gasteiger partial charge in [0.2, 0.25) is 0 Å². The molecule has 5 heteroatoms. The number of para-hydroxylation sites is 2. The molecule has 0 unspecified atom stereocenters. The van der Waals surface area contributed by atoms with Crippen LogP contribution in [0.4, 0.5) is 5.69 Å². The van der Waals surface area contributed by atoms with E-state index in [9.17, 15) is 5.11 Å². The van der Waals surface area contributed by atoms with E-state index in [1.54, 1.807) is 29.4 Å². The molecule has 142 valence electrons. The van der Waals surface area contributed by atoms with Crippen molar-refractivity contribution < 1.29 is 5.11 Å². The van der Waals surface area contributed by atoms with Crippen LogP contribution in [0, 0.1) is 0 Å². The van der Waals surface area contributed by atoms with Gasteiger partial charge in [0.15, 0.2) is 5.84 Å². The van der Waals surface area contributed by atoms with E-state index in [1.807, 2.05) is 73.7 Å². The van der Waals surface area contributed by atoms with E-state index in [2.05, 4.69) is 21.4 Å². The van der Waals surface area contributed by atoms with Gasteiger partial charge in [0, 0.05) is 11.1 Å². The molecule has 1 aliphatic heterocycles. The van der Waals surface area contributed by atoms with Gasteiger partial charge in [-0.05, 0) is 42.8 Å². The van der Waals surface area contributed by atoms with E-state index in [1.165, 1.54) is 0 Å². The number of rotatable bonds is 4. The van der Waals surface area contributed by atoms with Gasteiger partial charge in [-0.1, -0.05) is 60.7 Å². The van der Waals surface area contributed by atoms with Crippen LogP contribution in [0.1, 0.15) is 18.1 Å². The van der Waals surface area contributed by atoms with Crippen LogP contribution in [0.15, 0.2) is 106 Å².